The van der Waals surface area contributed by atoms with Crippen molar-refractivity contribution in [1.82, 2.24) is 0 Å². The molecule has 5 rings (SSSR count). The molecule has 50 heavy (non-hydrogen) atoms. The van der Waals surface area contributed by atoms with Crippen molar-refractivity contribution in [2.24, 2.45) is 0 Å². The molecule has 3 N–H and O–H groups in total. The normalized spacial score (nSPS) is 13.1. The summed E-state index contributed by atoms with van der Waals surface area (Å²) in [6.07, 6.45) is 1.39. The number of nitrogen functional groups attached to an aromatic ring is 1. The van der Waals surface area contributed by atoms with Crippen molar-refractivity contribution >= 4 is 69.1 Å². The highest BCUT2D eigenvalue weighted by molar-refractivity contribution is 6.28. The van der Waals surface area contributed by atoms with E-state index in [-0.39, 0.29) is 42.1 Å². The molecule has 3 aromatic rings. The lowest BCUT2D eigenvalue weighted by atomic mass is 10.2. The maximum atomic E-state index is 11.5. The first-order valence-electron chi connectivity index (χ1n) is 14.3. The van der Waals surface area contributed by atoms with Crippen LogP contribution in [0.1, 0.15) is 0 Å². The van der Waals surface area contributed by atoms with Crippen LogP contribution in [-0.4, -0.2) is 78.7 Å². The molecule has 1 fully saturated rings. The van der Waals surface area contributed by atoms with Gasteiger partial charge in [-0.3, -0.25) is 39.9 Å². The van der Waals surface area contributed by atoms with Gasteiger partial charge in [-0.1, -0.05) is 0 Å². The monoisotopic (exact) mass is 738 g/mol. The Morgan fingerprint density at radius 2 is 1.40 bits per heavy atom. The number of ether oxygens (including phenoxy) is 4. The molecule has 0 bridgehead atoms. The number of halogens is 2. The number of amides is 2. The third kappa shape index (κ3) is 15.6. The Hall–Kier alpha value is -5.56. The highest BCUT2D eigenvalue weighted by Crippen LogP contribution is 2.20. The van der Waals surface area contributed by atoms with Gasteiger partial charge in [-0.05, 0) is 48.0 Å². The summed E-state index contributed by atoms with van der Waals surface area (Å²) in [4.78, 5) is 53.8. The zero-order valence-corrected chi connectivity index (χ0v) is 27.7. The van der Waals surface area contributed by atoms with Gasteiger partial charge >= 0.3 is 0 Å². The number of nitrogens with two attached hydrogens (primary N) is 1. The minimum atomic E-state index is -0.505. The summed E-state index contributed by atoms with van der Waals surface area (Å²) in [6, 6.07) is 17.2. The molecule has 0 aromatic heterocycles. The van der Waals surface area contributed by atoms with Crippen LogP contribution in [0.3, 0.4) is 0 Å². The minimum absolute atomic E-state index is 0.0180. The van der Waals surface area contributed by atoms with Gasteiger partial charge in [-0.2, -0.15) is 0 Å². The number of non-ortho nitro benzene ring substituents is 3. The molecule has 2 aliphatic rings. The molecular formula is C30H32Cl2N6O12. The van der Waals surface area contributed by atoms with Crippen molar-refractivity contribution in [1.29, 1.82) is 0 Å². The molecule has 0 aliphatic carbocycles. The van der Waals surface area contributed by atoms with Crippen LogP contribution >= 0.6 is 23.2 Å². The Labute approximate surface area is 294 Å². The van der Waals surface area contributed by atoms with Gasteiger partial charge in [-0.15, -0.1) is 11.6 Å². The quantitative estimate of drug-likeness (QED) is 0.0967. The van der Waals surface area contributed by atoms with Gasteiger partial charge in [0.1, 0.15) is 32.7 Å². The zero-order chi connectivity index (χ0) is 36.9. The number of nitro benzene ring substituents is 3. The van der Waals surface area contributed by atoms with Crippen LogP contribution in [0.5, 0.6) is 0 Å². The topological polar surface area (TPSA) is 242 Å². The van der Waals surface area contributed by atoms with E-state index < -0.39 is 14.8 Å². The molecule has 20 heteroatoms. The first kappa shape index (κ1) is 40.6. The van der Waals surface area contributed by atoms with E-state index in [9.17, 15) is 39.9 Å². The van der Waals surface area contributed by atoms with Crippen molar-refractivity contribution < 1.29 is 43.3 Å². The molecular weight excluding hydrogens is 707 g/mol. The molecule has 2 heterocycles. The van der Waals surface area contributed by atoms with E-state index in [1.165, 1.54) is 66.9 Å². The summed E-state index contributed by atoms with van der Waals surface area (Å²) in [6.45, 7) is 2.42. The van der Waals surface area contributed by atoms with E-state index in [0.717, 1.165) is 0 Å². The van der Waals surface area contributed by atoms with E-state index in [1.54, 1.807) is 17.0 Å². The third-order valence-corrected chi connectivity index (χ3v) is 6.25. The number of nitrogens with one attached hydrogen (secondary N) is 1. The van der Waals surface area contributed by atoms with Crippen LogP contribution in [0.15, 0.2) is 84.3 Å². The van der Waals surface area contributed by atoms with Crippen molar-refractivity contribution in [3.05, 3.63) is 115 Å². The second kappa shape index (κ2) is 22.1. The number of hydrogen-bond acceptors (Lipinski definition) is 13. The second-order valence-electron chi connectivity index (χ2n) is 9.46. The van der Waals surface area contributed by atoms with Gasteiger partial charge in [0.2, 0.25) is 11.1 Å². The van der Waals surface area contributed by atoms with Gasteiger partial charge in [0, 0.05) is 65.9 Å². The molecule has 0 atom stereocenters. The maximum Gasteiger partial charge on any atom is 0.269 e. The fourth-order valence-electron chi connectivity index (χ4n) is 3.57. The average molecular weight is 740 g/mol. The largest absolute Gasteiger partial charge is 0.493 e. The molecule has 0 unspecified atom stereocenters. The molecule has 0 saturated carbocycles. The summed E-state index contributed by atoms with van der Waals surface area (Å²) < 4.78 is 19.5. The Balaban J connectivity index is 0.000000243. The SMILES string of the molecule is ClC1=COCCO1.Nc1ccc([N+](=O)[O-])cc1.O=C(COCCCl)Nc1ccc([N+](=O)[O-])cc1.O=C1COCCN1c1ccc([N+](=O)[O-])cc1. The van der Waals surface area contributed by atoms with E-state index >= 15 is 0 Å². The Bertz CT molecular complexity index is 1590. The number of carbonyl (C=O) groups excluding carboxylic acids is 2. The summed E-state index contributed by atoms with van der Waals surface area (Å²) >= 11 is 10.7. The molecule has 0 spiro atoms. The molecule has 0 radical (unpaired) electrons. The van der Waals surface area contributed by atoms with Crippen molar-refractivity contribution in [3.63, 3.8) is 0 Å². The number of alkyl halides is 1. The second-order valence-corrected chi connectivity index (χ2v) is 10.2. The number of nitrogens with zero attached hydrogens (tertiary/aromatic N) is 4. The fraction of sp³-hybridized carbons (Fsp3) is 0.267. The summed E-state index contributed by atoms with van der Waals surface area (Å²) in [7, 11) is 0. The van der Waals surface area contributed by atoms with E-state index in [2.05, 4.69) is 5.32 Å². The molecule has 268 valence electrons. The van der Waals surface area contributed by atoms with E-state index in [4.69, 9.17) is 47.9 Å². The standard InChI is InChI=1S/C10H11ClN2O4.C10H10N2O4.C6H6N2O2.C4H5ClO2/c11-5-6-17-7-10(14)12-8-1-3-9(4-2-8)13(15)16;13-10-7-16-6-5-11(10)8-1-3-9(4-2-8)12(14)15;7-5-1-3-6(4-2-5)8(9)10;5-4-3-6-1-2-7-4/h1-4H,5-7H2,(H,12,14);1-4H,5-7H2;1-4H,7H2;3H,1-2H2. The van der Waals surface area contributed by atoms with Gasteiger partial charge in [0.25, 0.3) is 23.0 Å². The van der Waals surface area contributed by atoms with Crippen LogP contribution in [0.2, 0.25) is 0 Å². The lowest BCUT2D eigenvalue weighted by molar-refractivity contribution is -0.385. The predicted octanol–water partition coefficient (Wildman–Crippen LogP) is 4.99. The van der Waals surface area contributed by atoms with Crippen LogP contribution in [0.4, 0.5) is 34.1 Å². The minimum Gasteiger partial charge on any atom is -0.493 e. The lowest BCUT2D eigenvalue weighted by Crippen LogP contribution is -2.41. The first-order chi connectivity index (χ1) is 23.9. The highest BCUT2D eigenvalue weighted by Gasteiger charge is 2.20. The highest BCUT2D eigenvalue weighted by atomic mass is 35.5. The third-order valence-electron chi connectivity index (χ3n) is 5.90. The van der Waals surface area contributed by atoms with Gasteiger partial charge in [0.15, 0.2) is 0 Å². The van der Waals surface area contributed by atoms with Crippen molar-refractivity contribution in [3.8, 4) is 0 Å². The number of carbonyl (C=O) groups is 2. The summed E-state index contributed by atoms with van der Waals surface area (Å²) in [5.41, 5.74) is 7.04. The number of benzene rings is 3. The van der Waals surface area contributed by atoms with Crippen molar-refractivity contribution in [2.45, 2.75) is 0 Å². The van der Waals surface area contributed by atoms with E-state index in [1.807, 2.05) is 0 Å². The predicted molar refractivity (Wildman–Crippen MR) is 183 cm³/mol. The molecule has 1 saturated heterocycles. The van der Waals surface area contributed by atoms with Crippen LogP contribution in [-0.2, 0) is 28.5 Å². The van der Waals surface area contributed by atoms with Gasteiger partial charge in [-0.25, -0.2) is 0 Å². The first-order valence-corrected chi connectivity index (χ1v) is 15.2. The number of morpholine rings is 1. The molecule has 2 amide bonds. The van der Waals surface area contributed by atoms with Gasteiger partial charge in [0.05, 0.1) is 28.0 Å². The fourth-order valence-corrected chi connectivity index (χ4v) is 3.82. The number of hydrogen-bond donors (Lipinski definition) is 2. The molecule has 3 aromatic carbocycles. The van der Waals surface area contributed by atoms with E-state index in [0.29, 0.717) is 61.1 Å². The van der Waals surface area contributed by atoms with Crippen LogP contribution in [0.25, 0.3) is 0 Å². The number of nitro groups is 3. The van der Waals surface area contributed by atoms with Crippen molar-refractivity contribution in [2.75, 3.05) is 68.0 Å². The summed E-state index contributed by atoms with van der Waals surface area (Å²) in [5.74, 6) is -0.130. The lowest BCUT2D eigenvalue weighted by Gasteiger charge is -2.26. The Kier molecular flexibility index (Phi) is 18.0. The smallest absolute Gasteiger partial charge is 0.269 e. The molecule has 2 aliphatic heterocycles. The Morgan fingerprint density at radius 3 is 1.84 bits per heavy atom. The molecule has 18 nitrogen and oxygen atoms in total. The Morgan fingerprint density at radius 1 is 0.860 bits per heavy atom. The van der Waals surface area contributed by atoms with Crippen LogP contribution in [0, 0.1) is 30.3 Å². The average Bonchev–Trinajstić information content (AvgIpc) is 3.10. The van der Waals surface area contributed by atoms with Gasteiger partial charge < -0.3 is 34.9 Å². The maximum absolute atomic E-state index is 11.5. The zero-order valence-electron chi connectivity index (χ0n) is 26.2. The number of rotatable bonds is 9. The summed E-state index contributed by atoms with van der Waals surface area (Å²) in [5, 5.41) is 33.8. The van der Waals surface area contributed by atoms with Crippen LogP contribution < -0.4 is 16.0 Å². The number of anilines is 3.